The minimum atomic E-state index is -4.68. The molecule has 0 bridgehead atoms. The van der Waals surface area contributed by atoms with Crippen LogP contribution in [-0.4, -0.2) is 18.4 Å². The van der Waals surface area contributed by atoms with Crippen molar-refractivity contribution in [3.63, 3.8) is 0 Å². The van der Waals surface area contributed by atoms with Gasteiger partial charge in [-0.3, -0.25) is 4.98 Å². The van der Waals surface area contributed by atoms with E-state index in [1.165, 1.54) is 19.2 Å². The molecule has 0 unspecified atom stereocenters. The first-order chi connectivity index (χ1) is 7.42. The van der Waals surface area contributed by atoms with Gasteiger partial charge < -0.3 is 10.1 Å². The van der Waals surface area contributed by atoms with Crippen molar-refractivity contribution in [2.24, 2.45) is 0 Å². The Balaban J connectivity index is 0.00000106. The molecule has 1 heterocycles. The van der Waals surface area contributed by atoms with Gasteiger partial charge in [-0.25, -0.2) is 0 Å². The fraction of sp³-hybridized carbons (Fsp3) is 0.500. The average molecular weight is 236 g/mol. The summed E-state index contributed by atoms with van der Waals surface area (Å²) in [5, 5.41) is 2.67. The van der Waals surface area contributed by atoms with Crippen molar-refractivity contribution in [3.8, 4) is 5.75 Å². The molecule has 0 spiro atoms. The van der Waals surface area contributed by atoms with E-state index in [0.717, 1.165) is 0 Å². The van der Waals surface area contributed by atoms with Crippen molar-refractivity contribution >= 4 is 5.69 Å². The van der Waals surface area contributed by atoms with Gasteiger partial charge in [-0.15, -0.1) is 13.2 Å². The Hall–Kier alpha value is -1.46. The van der Waals surface area contributed by atoms with Crippen LogP contribution in [0.4, 0.5) is 18.9 Å². The molecule has 1 aromatic rings. The summed E-state index contributed by atoms with van der Waals surface area (Å²) in [7, 11) is 1.59. The van der Waals surface area contributed by atoms with Crippen molar-refractivity contribution in [1.29, 1.82) is 0 Å². The summed E-state index contributed by atoms with van der Waals surface area (Å²) < 4.78 is 39.4. The van der Waals surface area contributed by atoms with Crippen LogP contribution in [0.3, 0.4) is 0 Å². The Bertz CT molecular complexity index is 326. The lowest BCUT2D eigenvalue weighted by Gasteiger charge is -2.11. The maximum Gasteiger partial charge on any atom is 0.573 e. The first-order valence-electron chi connectivity index (χ1n) is 4.82. The van der Waals surface area contributed by atoms with Crippen LogP contribution in [0.1, 0.15) is 19.5 Å². The summed E-state index contributed by atoms with van der Waals surface area (Å²) in [6.07, 6.45) is -3.25. The molecule has 0 saturated carbocycles. The molecular formula is C10H15F3N2O. The number of hydrogen-bond donors (Lipinski definition) is 1. The van der Waals surface area contributed by atoms with E-state index in [-0.39, 0.29) is 11.4 Å². The molecule has 1 N–H and O–H groups in total. The molecule has 0 atom stereocenters. The highest BCUT2D eigenvalue weighted by molar-refractivity contribution is 5.47. The Kier molecular flexibility index (Phi) is 5.63. The molecule has 0 aliphatic rings. The standard InChI is InChI=1S/C8H9F3N2O.C2H6/c1-5-7(14-8(9,10)11)3-6(12-2)4-13-5;1-2/h3-4,12H,1-2H3;1-2H3. The zero-order valence-electron chi connectivity index (χ0n) is 9.64. The van der Waals surface area contributed by atoms with E-state index in [2.05, 4.69) is 15.0 Å². The van der Waals surface area contributed by atoms with Gasteiger partial charge in [0.15, 0.2) is 5.75 Å². The second kappa shape index (κ2) is 6.19. The van der Waals surface area contributed by atoms with E-state index >= 15 is 0 Å². The summed E-state index contributed by atoms with van der Waals surface area (Å²) in [5.74, 6) is -0.288. The van der Waals surface area contributed by atoms with Gasteiger partial charge in [-0.2, -0.15) is 0 Å². The Labute approximate surface area is 92.6 Å². The van der Waals surface area contributed by atoms with Crippen LogP contribution in [0.2, 0.25) is 0 Å². The van der Waals surface area contributed by atoms with Crippen LogP contribution < -0.4 is 10.1 Å². The number of aryl methyl sites for hydroxylation is 1. The van der Waals surface area contributed by atoms with E-state index in [1.54, 1.807) is 7.05 Å². The topological polar surface area (TPSA) is 34.2 Å². The largest absolute Gasteiger partial charge is 0.573 e. The van der Waals surface area contributed by atoms with E-state index in [4.69, 9.17) is 0 Å². The highest BCUT2D eigenvalue weighted by Gasteiger charge is 2.32. The molecule has 6 heteroatoms. The number of pyridine rings is 1. The third kappa shape index (κ3) is 4.86. The average Bonchev–Trinajstić information content (AvgIpc) is 2.22. The predicted molar refractivity (Wildman–Crippen MR) is 56.6 cm³/mol. The SMILES string of the molecule is CC.CNc1cnc(C)c(OC(F)(F)F)c1. The number of hydrogen-bond acceptors (Lipinski definition) is 3. The van der Waals surface area contributed by atoms with Crippen molar-refractivity contribution in [2.75, 3.05) is 12.4 Å². The zero-order valence-corrected chi connectivity index (χ0v) is 9.64. The van der Waals surface area contributed by atoms with Gasteiger partial charge in [-0.1, -0.05) is 13.8 Å². The van der Waals surface area contributed by atoms with Crippen molar-refractivity contribution < 1.29 is 17.9 Å². The van der Waals surface area contributed by atoms with Crippen molar-refractivity contribution in [1.82, 2.24) is 4.98 Å². The fourth-order valence-electron chi connectivity index (χ4n) is 0.878. The predicted octanol–water partition coefficient (Wildman–Crippen LogP) is 3.36. The number of nitrogens with one attached hydrogen (secondary N) is 1. The number of nitrogens with zero attached hydrogens (tertiary/aromatic N) is 1. The van der Waals surface area contributed by atoms with E-state index in [1.807, 2.05) is 13.8 Å². The van der Waals surface area contributed by atoms with Crippen LogP contribution in [0.25, 0.3) is 0 Å². The number of alkyl halides is 3. The summed E-state index contributed by atoms with van der Waals surface area (Å²) in [6, 6.07) is 1.25. The Morgan fingerprint density at radius 2 is 1.88 bits per heavy atom. The molecule has 1 aromatic heterocycles. The summed E-state index contributed by atoms with van der Waals surface area (Å²) in [6.45, 7) is 5.44. The van der Waals surface area contributed by atoms with Gasteiger partial charge in [0.25, 0.3) is 0 Å². The smallest absolute Gasteiger partial charge is 0.404 e. The van der Waals surface area contributed by atoms with Crippen LogP contribution in [0, 0.1) is 6.92 Å². The molecule has 0 radical (unpaired) electrons. The summed E-state index contributed by atoms with van der Waals surface area (Å²) in [5.41, 5.74) is 0.663. The molecule has 0 aliphatic carbocycles. The van der Waals surface area contributed by atoms with Gasteiger partial charge in [0.05, 0.1) is 17.6 Å². The number of halogens is 3. The second-order valence-electron chi connectivity index (χ2n) is 2.61. The second-order valence-corrected chi connectivity index (χ2v) is 2.61. The minimum absolute atomic E-state index is 0.196. The van der Waals surface area contributed by atoms with E-state index in [9.17, 15) is 13.2 Å². The number of rotatable bonds is 2. The number of anilines is 1. The number of aromatic nitrogens is 1. The summed E-state index contributed by atoms with van der Waals surface area (Å²) >= 11 is 0. The van der Waals surface area contributed by atoms with Gasteiger partial charge in [0, 0.05) is 13.1 Å². The number of ether oxygens (including phenoxy) is 1. The van der Waals surface area contributed by atoms with Crippen molar-refractivity contribution in [2.45, 2.75) is 27.1 Å². The third-order valence-corrected chi connectivity index (χ3v) is 1.55. The van der Waals surface area contributed by atoms with Crippen molar-refractivity contribution in [3.05, 3.63) is 18.0 Å². The van der Waals surface area contributed by atoms with Crippen LogP contribution in [-0.2, 0) is 0 Å². The van der Waals surface area contributed by atoms with Gasteiger partial charge in [0.2, 0.25) is 0 Å². The van der Waals surface area contributed by atoms with Gasteiger partial charge >= 0.3 is 6.36 Å². The quantitative estimate of drug-likeness (QED) is 0.854. The lowest BCUT2D eigenvalue weighted by Crippen LogP contribution is -2.18. The normalized spacial score (nSPS) is 10.2. The van der Waals surface area contributed by atoms with Crippen LogP contribution in [0.15, 0.2) is 12.3 Å². The zero-order chi connectivity index (χ0) is 12.8. The lowest BCUT2D eigenvalue weighted by molar-refractivity contribution is -0.274. The first kappa shape index (κ1) is 14.5. The molecule has 3 nitrogen and oxygen atoms in total. The fourth-order valence-corrected chi connectivity index (χ4v) is 0.878. The van der Waals surface area contributed by atoms with E-state index < -0.39 is 6.36 Å². The van der Waals surface area contributed by atoms with Gasteiger partial charge in [0.1, 0.15) is 0 Å². The minimum Gasteiger partial charge on any atom is -0.404 e. The van der Waals surface area contributed by atoms with Crippen LogP contribution >= 0.6 is 0 Å². The molecule has 0 amide bonds. The molecule has 92 valence electrons. The molecule has 0 aliphatic heterocycles. The maximum absolute atomic E-state index is 11.9. The molecule has 0 fully saturated rings. The highest BCUT2D eigenvalue weighted by Crippen LogP contribution is 2.26. The molecule has 16 heavy (non-hydrogen) atoms. The molecule has 1 rings (SSSR count). The summed E-state index contributed by atoms with van der Waals surface area (Å²) in [4.78, 5) is 3.75. The first-order valence-corrected chi connectivity index (χ1v) is 4.82. The van der Waals surface area contributed by atoms with E-state index in [0.29, 0.717) is 5.69 Å². The monoisotopic (exact) mass is 236 g/mol. The molecule has 0 aromatic carbocycles. The Morgan fingerprint density at radius 3 is 2.31 bits per heavy atom. The molecular weight excluding hydrogens is 221 g/mol. The maximum atomic E-state index is 11.9. The van der Waals surface area contributed by atoms with Crippen LogP contribution in [0.5, 0.6) is 5.75 Å². The van der Waals surface area contributed by atoms with Gasteiger partial charge in [-0.05, 0) is 6.92 Å². The lowest BCUT2D eigenvalue weighted by atomic mass is 10.3. The Morgan fingerprint density at radius 1 is 1.31 bits per heavy atom. The highest BCUT2D eigenvalue weighted by atomic mass is 19.4. The third-order valence-electron chi connectivity index (χ3n) is 1.55. The molecule has 0 saturated heterocycles.